The van der Waals surface area contributed by atoms with E-state index >= 15 is 0 Å². The third kappa shape index (κ3) is 4.91. The maximum absolute atomic E-state index is 12.6. The Morgan fingerprint density at radius 2 is 1.83 bits per heavy atom. The van der Waals surface area contributed by atoms with Crippen LogP contribution in [-0.2, 0) is 9.53 Å². The van der Waals surface area contributed by atoms with Gasteiger partial charge in [-0.2, -0.15) is 0 Å². The van der Waals surface area contributed by atoms with E-state index < -0.39 is 0 Å². The highest BCUT2D eigenvalue weighted by atomic mass is 16.5. The summed E-state index contributed by atoms with van der Waals surface area (Å²) in [6.45, 7) is 12.4. The van der Waals surface area contributed by atoms with Crippen molar-refractivity contribution in [2.45, 2.75) is 71.6 Å². The number of ether oxygens (including phenoxy) is 1. The number of morpholine rings is 1. The van der Waals surface area contributed by atoms with Crippen LogP contribution in [0.1, 0.15) is 53.9 Å². The molecule has 1 amide bonds. The number of nitrogens with one attached hydrogen (secondary N) is 1. The zero-order valence-electron chi connectivity index (χ0n) is 15.4. The van der Waals surface area contributed by atoms with Crippen molar-refractivity contribution in [2.24, 2.45) is 11.3 Å². The molecule has 23 heavy (non-hydrogen) atoms. The molecule has 0 aromatic rings. The maximum Gasteiger partial charge on any atom is 0.236 e. The summed E-state index contributed by atoms with van der Waals surface area (Å²) in [5.41, 5.74) is -0.140. The highest BCUT2D eigenvalue weighted by Crippen LogP contribution is 2.43. The number of aliphatic hydroxyl groups excluding tert-OH is 1. The van der Waals surface area contributed by atoms with Crippen molar-refractivity contribution in [3.8, 4) is 0 Å². The first-order chi connectivity index (χ1) is 10.6. The van der Waals surface area contributed by atoms with Crippen LogP contribution in [0.3, 0.4) is 0 Å². The molecule has 1 heterocycles. The molecule has 5 nitrogen and oxygen atoms in total. The lowest BCUT2D eigenvalue weighted by atomic mass is 9.64. The second-order valence-corrected chi connectivity index (χ2v) is 8.70. The number of rotatable bonds is 4. The van der Waals surface area contributed by atoms with Crippen LogP contribution < -0.4 is 5.32 Å². The summed E-state index contributed by atoms with van der Waals surface area (Å²) in [6, 6.07) is 0. The third-order valence-corrected chi connectivity index (χ3v) is 5.15. The van der Waals surface area contributed by atoms with Gasteiger partial charge in [-0.1, -0.05) is 20.8 Å². The first-order valence-corrected chi connectivity index (χ1v) is 8.94. The minimum atomic E-state index is -0.333. The highest BCUT2D eigenvalue weighted by Gasteiger charge is 2.42. The van der Waals surface area contributed by atoms with Crippen LogP contribution in [0.15, 0.2) is 0 Å². The van der Waals surface area contributed by atoms with Gasteiger partial charge in [-0.05, 0) is 44.4 Å². The van der Waals surface area contributed by atoms with Crippen LogP contribution in [-0.4, -0.2) is 59.9 Å². The van der Waals surface area contributed by atoms with Crippen molar-refractivity contribution in [1.29, 1.82) is 0 Å². The van der Waals surface area contributed by atoms with Gasteiger partial charge in [0, 0.05) is 18.6 Å². The van der Waals surface area contributed by atoms with Gasteiger partial charge in [-0.15, -0.1) is 0 Å². The van der Waals surface area contributed by atoms with Crippen molar-refractivity contribution in [1.82, 2.24) is 10.2 Å². The number of nitrogens with zero attached hydrogens (tertiary/aromatic N) is 1. The Morgan fingerprint density at radius 1 is 1.22 bits per heavy atom. The van der Waals surface area contributed by atoms with Gasteiger partial charge >= 0.3 is 0 Å². The Kier molecular flexibility index (Phi) is 5.75. The van der Waals surface area contributed by atoms with E-state index in [2.05, 4.69) is 26.1 Å². The van der Waals surface area contributed by atoms with E-state index in [0.717, 1.165) is 12.8 Å². The third-order valence-electron chi connectivity index (χ3n) is 5.15. The minimum absolute atomic E-state index is 0.0862. The van der Waals surface area contributed by atoms with Crippen LogP contribution >= 0.6 is 0 Å². The second kappa shape index (κ2) is 7.08. The van der Waals surface area contributed by atoms with Crippen molar-refractivity contribution >= 4 is 5.91 Å². The number of carbonyl (C=O) groups is 1. The van der Waals surface area contributed by atoms with E-state index in [1.807, 2.05) is 18.7 Å². The quantitative estimate of drug-likeness (QED) is 0.827. The average Bonchev–Trinajstić information content (AvgIpc) is 2.41. The second-order valence-electron chi connectivity index (χ2n) is 8.70. The molecule has 4 unspecified atom stereocenters. The number of aliphatic hydroxyl groups is 1. The summed E-state index contributed by atoms with van der Waals surface area (Å²) in [5.74, 6) is 0.660. The van der Waals surface area contributed by atoms with Gasteiger partial charge in [0.15, 0.2) is 0 Å². The van der Waals surface area contributed by atoms with Crippen molar-refractivity contribution in [3.63, 3.8) is 0 Å². The van der Waals surface area contributed by atoms with Crippen LogP contribution in [0.4, 0.5) is 0 Å². The van der Waals surface area contributed by atoms with Gasteiger partial charge in [0.05, 0.1) is 25.4 Å². The predicted molar refractivity (Wildman–Crippen MR) is 91.2 cm³/mol. The Hall–Kier alpha value is -0.650. The van der Waals surface area contributed by atoms with E-state index in [4.69, 9.17) is 4.74 Å². The number of hydrogen-bond donors (Lipinski definition) is 2. The molecule has 1 saturated carbocycles. The normalized spacial score (nSPS) is 37.7. The van der Waals surface area contributed by atoms with Crippen molar-refractivity contribution in [2.75, 3.05) is 26.2 Å². The van der Waals surface area contributed by atoms with Gasteiger partial charge in [0.2, 0.25) is 5.91 Å². The molecule has 4 atom stereocenters. The van der Waals surface area contributed by atoms with Crippen molar-refractivity contribution < 1.29 is 14.6 Å². The van der Waals surface area contributed by atoms with Crippen LogP contribution in [0, 0.1) is 11.3 Å². The van der Waals surface area contributed by atoms with Gasteiger partial charge in [-0.3, -0.25) is 4.79 Å². The molecule has 1 aliphatic carbocycles. The molecule has 1 saturated heterocycles. The molecule has 2 fully saturated rings. The molecule has 0 aromatic heterocycles. The first-order valence-electron chi connectivity index (χ1n) is 8.94. The lowest BCUT2D eigenvalue weighted by molar-refractivity contribution is -0.143. The molecule has 1 aliphatic heterocycles. The Bertz CT molecular complexity index is 416. The fourth-order valence-corrected chi connectivity index (χ4v) is 4.81. The van der Waals surface area contributed by atoms with E-state index in [-0.39, 0.29) is 35.7 Å². The molecule has 0 bridgehead atoms. The molecule has 134 valence electrons. The molecule has 2 N–H and O–H groups in total. The Morgan fingerprint density at radius 3 is 2.35 bits per heavy atom. The van der Waals surface area contributed by atoms with E-state index in [9.17, 15) is 9.90 Å². The monoisotopic (exact) mass is 326 g/mol. The largest absolute Gasteiger partial charge is 0.394 e. The molecule has 5 heteroatoms. The average molecular weight is 326 g/mol. The zero-order valence-corrected chi connectivity index (χ0v) is 15.4. The van der Waals surface area contributed by atoms with Gasteiger partial charge < -0.3 is 20.1 Å². The van der Waals surface area contributed by atoms with Gasteiger partial charge in [0.1, 0.15) is 0 Å². The van der Waals surface area contributed by atoms with Gasteiger partial charge in [-0.25, -0.2) is 0 Å². The summed E-state index contributed by atoms with van der Waals surface area (Å²) in [7, 11) is 0. The number of hydrogen-bond acceptors (Lipinski definition) is 4. The highest BCUT2D eigenvalue weighted by molar-refractivity contribution is 5.78. The molecular weight excluding hydrogens is 292 g/mol. The van der Waals surface area contributed by atoms with Crippen LogP contribution in [0.5, 0.6) is 0 Å². The molecule has 0 radical (unpaired) electrons. The number of amides is 1. The summed E-state index contributed by atoms with van der Waals surface area (Å²) >= 11 is 0. The summed E-state index contributed by atoms with van der Waals surface area (Å²) in [4.78, 5) is 14.4. The lowest BCUT2D eigenvalue weighted by Gasteiger charge is -2.47. The van der Waals surface area contributed by atoms with E-state index in [1.165, 1.54) is 6.42 Å². The molecule has 2 aliphatic rings. The molecular formula is C18H34N2O3. The molecule has 2 rings (SSSR count). The topological polar surface area (TPSA) is 61.8 Å². The smallest absolute Gasteiger partial charge is 0.236 e. The van der Waals surface area contributed by atoms with Crippen LogP contribution in [0.25, 0.3) is 0 Å². The SMILES string of the molecule is CC1CC(C)(C)CC(CO)(NCC(=O)N2CC(C)OC(C)C2)C1. The van der Waals surface area contributed by atoms with Crippen molar-refractivity contribution in [3.05, 3.63) is 0 Å². The number of carbonyl (C=O) groups excluding carboxylic acids is 1. The molecule has 0 aromatic carbocycles. The minimum Gasteiger partial charge on any atom is -0.394 e. The fraction of sp³-hybridized carbons (Fsp3) is 0.944. The van der Waals surface area contributed by atoms with Crippen LogP contribution in [0.2, 0.25) is 0 Å². The summed E-state index contributed by atoms with van der Waals surface area (Å²) in [6.07, 6.45) is 3.18. The first kappa shape index (κ1) is 18.7. The summed E-state index contributed by atoms with van der Waals surface area (Å²) in [5, 5.41) is 13.4. The predicted octanol–water partition coefficient (Wildman–Crippen LogP) is 1.79. The Balaban J connectivity index is 1.95. The maximum atomic E-state index is 12.6. The zero-order chi connectivity index (χ0) is 17.3. The van der Waals surface area contributed by atoms with E-state index in [1.54, 1.807) is 0 Å². The Labute approximate surface area is 140 Å². The summed E-state index contributed by atoms with van der Waals surface area (Å²) < 4.78 is 5.69. The standard InChI is InChI=1S/C18H34N2O3/c1-13-6-17(4,5)11-18(7-13,12-21)19-8-16(22)20-9-14(2)23-15(3)10-20/h13-15,19,21H,6-12H2,1-5H3. The fourth-order valence-electron chi connectivity index (χ4n) is 4.81. The lowest BCUT2D eigenvalue weighted by Crippen LogP contribution is -2.58. The van der Waals surface area contributed by atoms with Gasteiger partial charge in [0.25, 0.3) is 0 Å². The van der Waals surface area contributed by atoms with E-state index in [0.29, 0.717) is 25.6 Å². The molecule has 0 spiro atoms.